The van der Waals surface area contributed by atoms with Crippen LogP contribution in [0.1, 0.15) is 23.4 Å². The van der Waals surface area contributed by atoms with E-state index in [0.29, 0.717) is 6.54 Å². The van der Waals surface area contributed by atoms with Crippen LogP contribution >= 0.6 is 11.3 Å². The van der Waals surface area contributed by atoms with Gasteiger partial charge in [-0.15, -0.1) is 11.3 Å². The van der Waals surface area contributed by atoms with E-state index in [1.54, 1.807) is 11.3 Å². The molecule has 0 amide bonds. The quantitative estimate of drug-likeness (QED) is 0.581. The summed E-state index contributed by atoms with van der Waals surface area (Å²) >= 11 is 1.77. The summed E-state index contributed by atoms with van der Waals surface area (Å²) in [6.07, 6.45) is 3.21. The maximum absolute atomic E-state index is 6.12. The average Bonchev–Trinajstić information content (AvgIpc) is 3.21. The topological polar surface area (TPSA) is 43.8 Å². The standard InChI is InChI=1S/C20H21N3S/c1-2-23-13-15(16-7-3-5-9-18(16)23)11-14(12-21)20-22-17-8-4-6-10-19(17)24-20/h3-10,13-14H,2,11-12,21H2,1H3. The molecule has 3 nitrogen and oxygen atoms in total. The molecule has 0 aliphatic carbocycles. The maximum Gasteiger partial charge on any atom is 0.0985 e. The Morgan fingerprint density at radius 3 is 2.71 bits per heavy atom. The van der Waals surface area contributed by atoms with Crippen molar-refractivity contribution in [1.29, 1.82) is 0 Å². The van der Waals surface area contributed by atoms with Gasteiger partial charge in [0.25, 0.3) is 0 Å². The molecule has 0 aliphatic heterocycles. The van der Waals surface area contributed by atoms with Crippen LogP contribution in [0.15, 0.2) is 54.7 Å². The molecule has 1 atom stereocenters. The van der Waals surface area contributed by atoms with Gasteiger partial charge in [-0.05, 0) is 37.1 Å². The Kier molecular flexibility index (Phi) is 4.08. The molecule has 0 spiro atoms. The molecule has 4 aromatic rings. The van der Waals surface area contributed by atoms with Gasteiger partial charge in [0.15, 0.2) is 0 Å². The highest BCUT2D eigenvalue weighted by Crippen LogP contribution is 2.31. The number of nitrogens with two attached hydrogens (primary N) is 1. The van der Waals surface area contributed by atoms with Crippen LogP contribution in [0.25, 0.3) is 21.1 Å². The van der Waals surface area contributed by atoms with E-state index in [0.717, 1.165) is 23.5 Å². The maximum atomic E-state index is 6.12. The molecule has 0 bridgehead atoms. The van der Waals surface area contributed by atoms with Crippen LogP contribution < -0.4 is 5.73 Å². The van der Waals surface area contributed by atoms with Crippen LogP contribution in [0.2, 0.25) is 0 Å². The zero-order valence-corrected chi connectivity index (χ0v) is 14.6. The van der Waals surface area contributed by atoms with Gasteiger partial charge < -0.3 is 10.3 Å². The molecule has 2 aromatic carbocycles. The molecular formula is C20H21N3S. The number of hydrogen-bond donors (Lipinski definition) is 1. The van der Waals surface area contributed by atoms with Gasteiger partial charge >= 0.3 is 0 Å². The van der Waals surface area contributed by atoms with E-state index in [1.165, 1.54) is 21.2 Å². The fourth-order valence-corrected chi connectivity index (χ4v) is 4.43. The summed E-state index contributed by atoms with van der Waals surface area (Å²) in [6.45, 7) is 3.78. The van der Waals surface area contributed by atoms with Crippen molar-refractivity contribution in [3.05, 3.63) is 65.3 Å². The Bertz CT molecular complexity index is 950. The molecule has 24 heavy (non-hydrogen) atoms. The van der Waals surface area contributed by atoms with Crippen molar-refractivity contribution in [3.63, 3.8) is 0 Å². The Morgan fingerprint density at radius 2 is 1.92 bits per heavy atom. The second-order valence-corrected chi connectivity index (χ2v) is 7.18. The zero-order chi connectivity index (χ0) is 16.5. The molecule has 0 fully saturated rings. The Hall–Kier alpha value is -2.17. The fraction of sp³-hybridized carbons (Fsp3) is 0.250. The molecule has 122 valence electrons. The number of hydrogen-bond acceptors (Lipinski definition) is 3. The Morgan fingerprint density at radius 1 is 1.12 bits per heavy atom. The van der Waals surface area contributed by atoms with Crippen molar-refractivity contribution in [2.45, 2.75) is 25.8 Å². The largest absolute Gasteiger partial charge is 0.347 e. The smallest absolute Gasteiger partial charge is 0.0985 e. The van der Waals surface area contributed by atoms with Crippen molar-refractivity contribution in [1.82, 2.24) is 9.55 Å². The first-order chi connectivity index (χ1) is 11.8. The minimum absolute atomic E-state index is 0.263. The highest BCUT2D eigenvalue weighted by molar-refractivity contribution is 7.18. The highest BCUT2D eigenvalue weighted by Gasteiger charge is 2.18. The van der Waals surface area contributed by atoms with E-state index in [4.69, 9.17) is 10.7 Å². The van der Waals surface area contributed by atoms with Crippen molar-refractivity contribution in [2.75, 3.05) is 6.54 Å². The number of benzene rings is 2. The molecule has 0 saturated carbocycles. The van der Waals surface area contributed by atoms with Gasteiger partial charge in [-0.3, -0.25) is 0 Å². The molecular weight excluding hydrogens is 314 g/mol. The molecule has 4 heteroatoms. The summed E-state index contributed by atoms with van der Waals surface area (Å²) in [5, 5.41) is 2.48. The molecule has 2 N–H and O–H groups in total. The first kappa shape index (κ1) is 15.4. The number of nitrogens with zero attached hydrogens (tertiary/aromatic N) is 2. The highest BCUT2D eigenvalue weighted by atomic mass is 32.1. The number of thiazole rings is 1. The van der Waals surface area contributed by atoms with Crippen LogP contribution in [0.4, 0.5) is 0 Å². The summed E-state index contributed by atoms with van der Waals surface area (Å²) in [6, 6.07) is 16.9. The lowest BCUT2D eigenvalue weighted by Gasteiger charge is -2.11. The Balaban J connectivity index is 1.72. The van der Waals surface area contributed by atoms with Crippen LogP contribution in [-0.4, -0.2) is 16.1 Å². The third-order valence-corrected chi connectivity index (χ3v) is 5.82. The number of aryl methyl sites for hydroxylation is 1. The van der Waals surface area contributed by atoms with Gasteiger partial charge in [-0.2, -0.15) is 0 Å². The van der Waals surface area contributed by atoms with Crippen molar-refractivity contribution in [2.24, 2.45) is 5.73 Å². The molecule has 4 rings (SSSR count). The fourth-order valence-electron chi connectivity index (χ4n) is 3.35. The summed E-state index contributed by atoms with van der Waals surface area (Å²) in [5.41, 5.74) is 9.86. The van der Waals surface area contributed by atoms with Crippen molar-refractivity contribution >= 4 is 32.5 Å². The summed E-state index contributed by atoms with van der Waals surface area (Å²) in [5.74, 6) is 0.263. The first-order valence-electron chi connectivity index (χ1n) is 8.42. The molecule has 0 aliphatic rings. The van der Waals surface area contributed by atoms with Gasteiger partial charge in [0, 0.05) is 36.1 Å². The lowest BCUT2D eigenvalue weighted by Crippen LogP contribution is -2.14. The summed E-state index contributed by atoms with van der Waals surface area (Å²) in [7, 11) is 0. The van der Waals surface area contributed by atoms with Gasteiger partial charge in [0.1, 0.15) is 0 Å². The lowest BCUT2D eigenvalue weighted by molar-refractivity contribution is 0.688. The van der Waals surface area contributed by atoms with E-state index in [-0.39, 0.29) is 5.92 Å². The molecule has 0 radical (unpaired) electrons. The van der Waals surface area contributed by atoms with E-state index in [2.05, 4.69) is 60.2 Å². The number of aromatic nitrogens is 2. The Labute approximate surface area is 145 Å². The zero-order valence-electron chi connectivity index (χ0n) is 13.8. The summed E-state index contributed by atoms with van der Waals surface area (Å²) in [4.78, 5) is 4.82. The monoisotopic (exact) mass is 335 g/mol. The van der Waals surface area contributed by atoms with Crippen LogP contribution in [0.5, 0.6) is 0 Å². The van der Waals surface area contributed by atoms with Crippen LogP contribution in [0.3, 0.4) is 0 Å². The minimum Gasteiger partial charge on any atom is -0.347 e. The molecule has 2 aromatic heterocycles. The van der Waals surface area contributed by atoms with E-state index < -0.39 is 0 Å². The minimum atomic E-state index is 0.263. The van der Waals surface area contributed by atoms with E-state index in [9.17, 15) is 0 Å². The first-order valence-corrected chi connectivity index (χ1v) is 9.24. The number of para-hydroxylation sites is 2. The number of fused-ring (bicyclic) bond motifs is 2. The molecule has 1 unspecified atom stereocenters. The molecule has 2 heterocycles. The van der Waals surface area contributed by atoms with Gasteiger partial charge in [0.2, 0.25) is 0 Å². The third-order valence-electron chi connectivity index (χ3n) is 4.62. The van der Waals surface area contributed by atoms with E-state index in [1.807, 2.05) is 6.07 Å². The molecule has 0 saturated heterocycles. The summed E-state index contributed by atoms with van der Waals surface area (Å²) < 4.78 is 3.55. The van der Waals surface area contributed by atoms with E-state index >= 15 is 0 Å². The predicted molar refractivity (Wildman–Crippen MR) is 103 cm³/mol. The number of rotatable bonds is 5. The third kappa shape index (κ3) is 2.62. The predicted octanol–water partition coefficient (Wildman–Crippen LogP) is 4.56. The van der Waals surface area contributed by atoms with Gasteiger partial charge in [0.05, 0.1) is 15.2 Å². The normalized spacial score (nSPS) is 12.9. The van der Waals surface area contributed by atoms with Crippen LogP contribution in [-0.2, 0) is 13.0 Å². The second-order valence-electron chi connectivity index (χ2n) is 6.11. The average molecular weight is 335 g/mol. The van der Waals surface area contributed by atoms with Gasteiger partial charge in [-0.1, -0.05) is 30.3 Å². The second kappa shape index (κ2) is 6.38. The SMILES string of the molecule is CCn1cc(CC(CN)c2nc3ccccc3s2)c2ccccc21. The van der Waals surface area contributed by atoms with Crippen molar-refractivity contribution < 1.29 is 0 Å². The van der Waals surface area contributed by atoms with Crippen LogP contribution in [0, 0.1) is 0 Å². The van der Waals surface area contributed by atoms with Gasteiger partial charge in [-0.25, -0.2) is 4.98 Å². The lowest BCUT2D eigenvalue weighted by atomic mass is 9.99. The van der Waals surface area contributed by atoms with Crippen molar-refractivity contribution in [3.8, 4) is 0 Å².